The summed E-state index contributed by atoms with van der Waals surface area (Å²) in [4.78, 5) is 15.5. The zero-order valence-electron chi connectivity index (χ0n) is 11.1. The van der Waals surface area contributed by atoms with Crippen LogP contribution in [0, 0.1) is 0 Å². The Morgan fingerprint density at radius 1 is 1.45 bits per heavy atom. The summed E-state index contributed by atoms with van der Waals surface area (Å²) in [7, 11) is 0. The number of thioether (sulfide) groups is 1. The molecule has 1 aromatic heterocycles. The number of carbonyl (C=O) groups excluding carboxylic acids is 1. The molecular weight excluding hydrogens is 366 g/mol. The molecule has 1 atom stereocenters. The van der Waals surface area contributed by atoms with Crippen molar-refractivity contribution in [2.24, 2.45) is 0 Å². The number of hydrogen-bond acceptors (Lipinski definition) is 5. The predicted molar refractivity (Wildman–Crippen MR) is 83.2 cm³/mol. The van der Waals surface area contributed by atoms with E-state index in [0.717, 1.165) is 5.88 Å². The standard InChI is InChI=1S/C11H12F3N3O2S.2ClH/c12-11(13,14)5-19-9-2-1-7(3-15-9)17-10(18)8-4-20-6-16-8;;/h1-3,8,16H,4-6H2,(H,17,18);2*1H. The fourth-order valence-corrected chi connectivity index (χ4v) is 2.43. The maximum atomic E-state index is 11.9. The predicted octanol–water partition coefficient (Wildman–Crippen LogP) is 2.47. The largest absolute Gasteiger partial charge is 0.468 e. The molecule has 1 aromatic rings. The van der Waals surface area contributed by atoms with Crippen LogP contribution in [0.25, 0.3) is 0 Å². The molecule has 0 spiro atoms. The van der Waals surface area contributed by atoms with Crippen molar-refractivity contribution in [3.8, 4) is 5.88 Å². The van der Waals surface area contributed by atoms with E-state index >= 15 is 0 Å². The highest BCUT2D eigenvalue weighted by Gasteiger charge is 2.28. The zero-order valence-corrected chi connectivity index (χ0v) is 13.5. The number of anilines is 1. The van der Waals surface area contributed by atoms with Gasteiger partial charge in [-0.15, -0.1) is 36.6 Å². The number of halogens is 5. The lowest BCUT2D eigenvalue weighted by molar-refractivity contribution is -0.154. The van der Waals surface area contributed by atoms with E-state index in [0.29, 0.717) is 11.4 Å². The van der Waals surface area contributed by atoms with Crippen LogP contribution in [0.3, 0.4) is 0 Å². The van der Waals surface area contributed by atoms with E-state index in [-0.39, 0.29) is 42.6 Å². The van der Waals surface area contributed by atoms with Gasteiger partial charge in [0.1, 0.15) is 0 Å². The molecule has 0 radical (unpaired) electrons. The maximum Gasteiger partial charge on any atom is 0.422 e. The molecule has 1 amide bonds. The van der Waals surface area contributed by atoms with Gasteiger partial charge in [-0.1, -0.05) is 0 Å². The van der Waals surface area contributed by atoms with Crippen LogP contribution in [-0.4, -0.2) is 41.3 Å². The van der Waals surface area contributed by atoms with Crippen LogP contribution in [0.15, 0.2) is 18.3 Å². The number of carbonyl (C=O) groups is 1. The van der Waals surface area contributed by atoms with E-state index in [4.69, 9.17) is 0 Å². The summed E-state index contributed by atoms with van der Waals surface area (Å²) < 4.78 is 40.3. The third-order valence-electron chi connectivity index (χ3n) is 2.42. The topological polar surface area (TPSA) is 63.2 Å². The summed E-state index contributed by atoms with van der Waals surface area (Å²) in [6.45, 7) is -1.39. The molecule has 126 valence electrons. The summed E-state index contributed by atoms with van der Waals surface area (Å²) in [5, 5.41) is 5.63. The third-order valence-corrected chi connectivity index (χ3v) is 3.36. The third kappa shape index (κ3) is 6.91. The minimum Gasteiger partial charge on any atom is -0.468 e. The van der Waals surface area contributed by atoms with Gasteiger partial charge in [-0.2, -0.15) is 13.2 Å². The van der Waals surface area contributed by atoms with Crippen molar-refractivity contribution in [2.45, 2.75) is 12.2 Å². The van der Waals surface area contributed by atoms with Crippen molar-refractivity contribution in [1.29, 1.82) is 0 Å². The van der Waals surface area contributed by atoms with Crippen molar-refractivity contribution in [1.82, 2.24) is 10.3 Å². The summed E-state index contributed by atoms with van der Waals surface area (Å²) in [6.07, 6.45) is -3.15. The van der Waals surface area contributed by atoms with Crippen molar-refractivity contribution < 1.29 is 22.7 Å². The van der Waals surface area contributed by atoms with Gasteiger partial charge in [0.15, 0.2) is 6.61 Å². The lowest BCUT2D eigenvalue weighted by Gasteiger charge is -2.11. The number of hydrogen-bond donors (Lipinski definition) is 2. The van der Waals surface area contributed by atoms with Gasteiger partial charge in [0.25, 0.3) is 0 Å². The highest BCUT2D eigenvalue weighted by Crippen LogP contribution is 2.18. The van der Waals surface area contributed by atoms with Crippen LogP contribution in [0.2, 0.25) is 0 Å². The van der Waals surface area contributed by atoms with Gasteiger partial charge >= 0.3 is 6.18 Å². The van der Waals surface area contributed by atoms with Crippen LogP contribution in [0.1, 0.15) is 0 Å². The first-order chi connectivity index (χ1) is 9.44. The minimum atomic E-state index is -4.40. The number of alkyl halides is 3. The minimum absolute atomic E-state index is 0. The Balaban J connectivity index is 0.00000220. The zero-order chi connectivity index (χ0) is 14.6. The Kier molecular flexibility index (Phi) is 8.91. The second kappa shape index (κ2) is 9.29. The van der Waals surface area contributed by atoms with Crippen LogP contribution in [0.4, 0.5) is 18.9 Å². The van der Waals surface area contributed by atoms with Crippen LogP contribution in [-0.2, 0) is 4.79 Å². The normalized spacial score (nSPS) is 17.1. The smallest absolute Gasteiger partial charge is 0.422 e. The SMILES string of the molecule is Cl.Cl.O=C(Nc1ccc(OCC(F)(F)F)nc1)C1CSCN1. The Bertz CT molecular complexity index is 471. The van der Waals surface area contributed by atoms with Gasteiger partial charge in [0.05, 0.1) is 17.9 Å². The highest BCUT2D eigenvalue weighted by molar-refractivity contribution is 7.99. The first kappa shape index (κ1) is 21.1. The number of ether oxygens (including phenoxy) is 1. The number of pyridine rings is 1. The molecule has 0 saturated carbocycles. The number of rotatable bonds is 4. The number of aromatic nitrogens is 1. The van der Waals surface area contributed by atoms with Crippen LogP contribution >= 0.6 is 36.6 Å². The van der Waals surface area contributed by atoms with Gasteiger partial charge in [0, 0.05) is 17.7 Å². The molecule has 0 bridgehead atoms. The van der Waals surface area contributed by atoms with Gasteiger partial charge in [-0.25, -0.2) is 4.98 Å². The molecular formula is C11H14Cl2F3N3O2S. The monoisotopic (exact) mass is 379 g/mol. The summed E-state index contributed by atoms with van der Waals surface area (Å²) in [6, 6.07) is 2.46. The maximum absolute atomic E-state index is 11.9. The van der Waals surface area contributed by atoms with Gasteiger partial charge in [0.2, 0.25) is 11.8 Å². The van der Waals surface area contributed by atoms with Crippen LogP contribution in [0.5, 0.6) is 5.88 Å². The van der Waals surface area contributed by atoms with Crippen molar-refractivity contribution in [2.75, 3.05) is 23.6 Å². The van der Waals surface area contributed by atoms with Gasteiger partial charge in [-0.05, 0) is 6.07 Å². The summed E-state index contributed by atoms with van der Waals surface area (Å²) in [5.41, 5.74) is 0.410. The fourth-order valence-electron chi connectivity index (χ4n) is 1.49. The molecule has 11 heteroatoms. The Morgan fingerprint density at radius 3 is 2.68 bits per heavy atom. The first-order valence-electron chi connectivity index (χ1n) is 5.72. The molecule has 2 N–H and O–H groups in total. The molecule has 0 aromatic carbocycles. The molecule has 1 saturated heterocycles. The average Bonchev–Trinajstić information content (AvgIpc) is 2.91. The van der Waals surface area contributed by atoms with Gasteiger partial charge in [-0.3, -0.25) is 10.1 Å². The molecule has 1 aliphatic heterocycles. The molecule has 2 rings (SSSR count). The molecule has 5 nitrogen and oxygen atoms in total. The van der Waals surface area contributed by atoms with E-state index in [1.807, 2.05) is 0 Å². The van der Waals surface area contributed by atoms with E-state index < -0.39 is 12.8 Å². The van der Waals surface area contributed by atoms with E-state index in [1.165, 1.54) is 18.3 Å². The fraction of sp³-hybridized carbons (Fsp3) is 0.455. The second-order valence-corrected chi connectivity index (χ2v) is 5.08. The van der Waals surface area contributed by atoms with Crippen molar-refractivity contribution in [3.63, 3.8) is 0 Å². The quantitative estimate of drug-likeness (QED) is 0.841. The molecule has 0 aliphatic carbocycles. The Labute approximate surface area is 141 Å². The van der Waals surface area contributed by atoms with Crippen LogP contribution < -0.4 is 15.4 Å². The Morgan fingerprint density at radius 2 is 2.18 bits per heavy atom. The Hall–Kier alpha value is -0.900. The first-order valence-corrected chi connectivity index (χ1v) is 6.87. The lowest BCUT2D eigenvalue weighted by Crippen LogP contribution is -2.37. The molecule has 1 fully saturated rings. The number of nitrogens with one attached hydrogen (secondary N) is 2. The highest BCUT2D eigenvalue weighted by atomic mass is 35.5. The molecule has 1 unspecified atom stereocenters. The number of amides is 1. The lowest BCUT2D eigenvalue weighted by atomic mass is 10.3. The summed E-state index contributed by atoms with van der Waals surface area (Å²) >= 11 is 1.62. The van der Waals surface area contributed by atoms with E-state index in [1.54, 1.807) is 11.8 Å². The molecule has 2 heterocycles. The molecule has 1 aliphatic rings. The van der Waals surface area contributed by atoms with E-state index in [2.05, 4.69) is 20.4 Å². The van der Waals surface area contributed by atoms with Gasteiger partial charge < -0.3 is 10.1 Å². The molecule has 22 heavy (non-hydrogen) atoms. The second-order valence-electron chi connectivity index (χ2n) is 4.05. The van der Waals surface area contributed by atoms with Crippen molar-refractivity contribution in [3.05, 3.63) is 18.3 Å². The number of nitrogens with zero attached hydrogens (tertiary/aromatic N) is 1. The average molecular weight is 380 g/mol. The van der Waals surface area contributed by atoms with Crippen molar-refractivity contribution >= 4 is 48.2 Å². The van der Waals surface area contributed by atoms with E-state index in [9.17, 15) is 18.0 Å². The summed E-state index contributed by atoms with van der Waals surface area (Å²) in [5.74, 6) is 1.07.